The van der Waals surface area contributed by atoms with Crippen LogP contribution in [0.2, 0.25) is 0 Å². The molecule has 1 aromatic rings. The zero-order valence-electron chi connectivity index (χ0n) is 4.24. The topological polar surface area (TPSA) is 26.9 Å². The van der Waals surface area contributed by atoms with E-state index in [1.165, 1.54) is 12.4 Å². The summed E-state index contributed by atoms with van der Waals surface area (Å²) in [6, 6.07) is 3.26. The minimum Gasteiger partial charge on any atom is -0.619 e. The summed E-state index contributed by atoms with van der Waals surface area (Å²) in [5, 5.41) is 10.3. The van der Waals surface area contributed by atoms with E-state index in [-0.39, 0.29) is 0 Å². The van der Waals surface area contributed by atoms with E-state index in [1.54, 1.807) is 12.1 Å². The second kappa shape index (κ2) is 1.82. The Kier molecular flexibility index (Phi) is 1.16. The number of pyridine rings is 1. The summed E-state index contributed by atoms with van der Waals surface area (Å²) in [4.78, 5) is 0. The number of rotatable bonds is 0. The number of aromatic nitrogens is 1. The van der Waals surface area contributed by atoms with E-state index >= 15 is 0 Å². The minimum atomic E-state index is 0.488. The van der Waals surface area contributed by atoms with E-state index in [9.17, 15) is 5.21 Å². The molecule has 0 saturated heterocycles. The van der Waals surface area contributed by atoms with Gasteiger partial charge < -0.3 is 5.21 Å². The van der Waals surface area contributed by atoms with Gasteiger partial charge >= 0.3 is 0 Å². The number of hydrogen-bond acceptors (Lipinski definition) is 1. The molecule has 2 heteroatoms. The van der Waals surface area contributed by atoms with Crippen molar-refractivity contribution in [2.45, 2.75) is 0 Å². The van der Waals surface area contributed by atoms with Crippen LogP contribution < -0.4 is 4.73 Å². The highest BCUT2D eigenvalue weighted by Gasteiger charge is 1.85. The predicted molar refractivity (Wildman–Crippen MR) is 28.8 cm³/mol. The van der Waals surface area contributed by atoms with E-state index < -0.39 is 0 Å². The average Bonchev–Trinajstić information content (AvgIpc) is 1.64. The van der Waals surface area contributed by atoms with Crippen LogP contribution in [0.25, 0.3) is 0 Å². The molecular formula is C6H5NO. The normalized spacial score (nSPS) is 9.12. The molecule has 0 unspecified atom stereocenters. The maximum Gasteiger partial charge on any atom is 0.183 e. The summed E-state index contributed by atoms with van der Waals surface area (Å²) in [7, 11) is 0. The first-order chi connectivity index (χ1) is 3.79. The van der Waals surface area contributed by atoms with Crippen LogP contribution in [0, 0.1) is 12.1 Å². The molecule has 40 valence electrons. The third-order valence-electron chi connectivity index (χ3n) is 0.798. The first-order valence-corrected chi connectivity index (χ1v) is 2.23. The molecule has 0 amide bonds. The molecule has 0 saturated carbocycles. The van der Waals surface area contributed by atoms with Crippen LogP contribution >= 0.6 is 0 Å². The first kappa shape index (κ1) is 5.09. The fraction of sp³-hybridized carbons (Fsp3) is 0. The highest BCUT2D eigenvalue weighted by atomic mass is 16.5. The van der Waals surface area contributed by atoms with Gasteiger partial charge in [-0.1, -0.05) is 0 Å². The molecule has 0 spiro atoms. The summed E-state index contributed by atoms with van der Waals surface area (Å²) in [6.07, 6.45) is 2.69. The Balaban J connectivity index is 3.08. The fourth-order valence-electron chi connectivity index (χ4n) is 0.472. The molecule has 2 radical (unpaired) electrons. The lowest BCUT2D eigenvalue weighted by atomic mass is 10.3. The van der Waals surface area contributed by atoms with Gasteiger partial charge in [0.25, 0.3) is 0 Å². The highest BCUT2D eigenvalue weighted by Crippen LogP contribution is 1.86. The average molecular weight is 107 g/mol. The predicted octanol–water partition coefficient (Wildman–Crippen LogP) is 0.379. The third-order valence-corrected chi connectivity index (χ3v) is 0.798. The van der Waals surface area contributed by atoms with Crippen molar-refractivity contribution in [1.29, 1.82) is 0 Å². The van der Waals surface area contributed by atoms with Gasteiger partial charge in [0, 0.05) is 18.6 Å². The molecule has 2 nitrogen and oxygen atoms in total. The zero-order valence-corrected chi connectivity index (χ0v) is 4.24. The Hall–Kier alpha value is -1.05. The van der Waals surface area contributed by atoms with Crippen molar-refractivity contribution < 1.29 is 4.73 Å². The van der Waals surface area contributed by atoms with Crippen molar-refractivity contribution in [3.8, 4) is 0 Å². The Morgan fingerprint density at radius 3 is 2.75 bits per heavy atom. The summed E-state index contributed by atoms with van der Waals surface area (Å²) in [5.74, 6) is 0. The molecule has 0 aliphatic carbocycles. The monoisotopic (exact) mass is 107 g/mol. The van der Waals surface area contributed by atoms with Gasteiger partial charge in [-0.05, 0) is 6.07 Å². The number of hydrogen-bond donors (Lipinski definition) is 0. The van der Waals surface area contributed by atoms with Gasteiger partial charge in [-0.15, -0.1) is 0 Å². The van der Waals surface area contributed by atoms with E-state index in [2.05, 4.69) is 0 Å². The fourth-order valence-corrected chi connectivity index (χ4v) is 0.472. The quantitative estimate of drug-likeness (QED) is 0.348. The van der Waals surface area contributed by atoms with Crippen LogP contribution in [-0.4, -0.2) is 0 Å². The highest BCUT2D eigenvalue weighted by molar-refractivity contribution is 5.07. The van der Waals surface area contributed by atoms with Gasteiger partial charge in [0.05, 0.1) is 0 Å². The molecule has 8 heavy (non-hydrogen) atoms. The SMILES string of the molecule is [CH]c1ccc[n+]([O-])c1. The molecule has 1 rings (SSSR count). The minimum absolute atomic E-state index is 0.488. The standard InChI is InChI=1S/C6H5NO/c1-6-3-2-4-7(8)5-6/h1-5H. The maximum absolute atomic E-state index is 10.3. The molecule has 0 aromatic carbocycles. The van der Waals surface area contributed by atoms with Crippen molar-refractivity contribution in [1.82, 2.24) is 0 Å². The first-order valence-electron chi connectivity index (χ1n) is 2.23. The van der Waals surface area contributed by atoms with Gasteiger partial charge in [0.15, 0.2) is 12.4 Å². The largest absolute Gasteiger partial charge is 0.619 e. The Bertz CT molecular complexity index is 168. The van der Waals surface area contributed by atoms with Crippen molar-refractivity contribution >= 4 is 0 Å². The van der Waals surface area contributed by atoms with E-state index in [4.69, 9.17) is 6.92 Å². The van der Waals surface area contributed by atoms with Gasteiger partial charge in [0.1, 0.15) is 0 Å². The lowest BCUT2D eigenvalue weighted by Gasteiger charge is -1.92. The molecule has 0 bridgehead atoms. The molecule has 1 heterocycles. The molecule has 1 aromatic heterocycles. The molecule has 0 fully saturated rings. The Labute approximate surface area is 48.0 Å². The smallest absolute Gasteiger partial charge is 0.183 e. The molecule has 0 atom stereocenters. The van der Waals surface area contributed by atoms with Gasteiger partial charge in [-0.3, -0.25) is 0 Å². The summed E-state index contributed by atoms with van der Waals surface area (Å²) < 4.78 is 0.662. The number of nitrogens with zero attached hydrogens (tertiary/aromatic N) is 1. The van der Waals surface area contributed by atoms with Crippen LogP contribution in [0.4, 0.5) is 0 Å². The van der Waals surface area contributed by atoms with Crippen LogP contribution in [-0.2, 0) is 0 Å². The second-order valence-electron chi connectivity index (χ2n) is 1.50. The van der Waals surface area contributed by atoms with Crippen LogP contribution in [0.5, 0.6) is 0 Å². The third kappa shape index (κ3) is 0.964. The lowest BCUT2D eigenvalue weighted by molar-refractivity contribution is -0.605. The van der Waals surface area contributed by atoms with Crippen LogP contribution in [0.1, 0.15) is 5.56 Å². The van der Waals surface area contributed by atoms with E-state index in [0.717, 1.165) is 0 Å². The maximum atomic E-state index is 10.3. The zero-order chi connectivity index (χ0) is 5.98. The molecular weight excluding hydrogens is 102 g/mol. The summed E-state index contributed by atoms with van der Waals surface area (Å²) in [5.41, 5.74) is 0.488. The molecule has 0 N–H and O–H groups in total. The van der Waals surface area contributed by atoms with Gasteiger partial charge in [-0.25, -0.2) is 0 Å². The van der Waals surface area contributed by atoms with Gasteiger partial charge in [0.2, 0.25) is 0 Å². The van der Waals surface area contributed by atoms with Gasteiger partial charge in [-0.2, -0.15) is 4.73 Å². The molecule has 0 aliphatic heterocycles. The second-order valence-corrected chi connectivity index (χ2v) is 1.50. The van der Waals surface area contributed by atoms with Crippen molar-refractivity contribution in [3.63, 3.8) is 0 Å². The van der Waals surface area contributed by atoms with Crippen molar-refractivity contribution in [2.75, 3.05) is 0 Å². The summed E-state index contributed by atoms with van der Waals surface area (Å²) >= 11 is 0. The van der Waals surface area contributed by atoms with Crippen molar-refractivity contribution in [3.05, 3.63) is 42.2 Å². The Morgan fingerprint density at radius 2 is 2.38 bits per heavy atom. The Morgan fingerprint density at radius 1 is 1.62 bits per heavy atom. The summed E-state index contributed by atoms with van der Waals surface area (Å²) in [6.45, 7) is 5.24. The molecule has 0 aliphatic rings. The van der Waals surface area contributed by atoms with E-state index in [0.29, 0.717) is 10.3 Å². The lowest BCUT2D eigenvalue weighted by Crippen LogP contribution is -2.23. The van der Waals surface area contributed by atoms with Crippen LogP contribution in [0.3, 0.4) is 0 Å². The van der Waals surface area contributed by atoms with E-state index in [1.807, 2.05) is 0 Å². The van der Waals surface area contributed by atoms with Crippen molar-refractivity contribution in [2.24, 2.45) is 0 Å². The van der Waals surface area contributed by atoms with Crippen LogP contribution in [0.15, 0.2) is 24.5 Å².